The number of para-hydroxylation sites is 5. The number of fused-ring (bicyclic) bond motifs is 9. The fraction of sp³-hybridized carbons (Fsp3) is 0. The number of hydrogen-bond acceptors (Lipinski definition) is 3. The first kappa shape index (κ1) is 28.3. The van der Waals surface area contributed by atoms with Crippen LogP contribution in [0.5, 0.6) is 0 Å². The average molecular weight is 669 g/mol. The van der Waals surface area contributed by atoms with Crippen molar-refractivity contribution in [1.29, 1.82) is 0 Å². The molecule has 0 amide bonds. The number of aromatic nitrogens is 4. The van der Waals surface area contributed by atoms with E-state index in [1.54, 1.807) is 11.3 Å². The van der Waals surface area contributed by atoms with E-state index in [-0.39, 0.29) is 0 Å². The quantitative estimate of drug-likeness (QED) is 0.187. The molecule has 0 unspecified atom stereocenters. The molecular formula is C46H28N4S. The van der Waals surface area contributed by atoms with Crippen LogP contribution >= 0.6 is 11.3 Å². The van der Waals surface area contributed by atoms with Gasteiger partial charge in [0.1, 0.15) is 0 Å². The van der Waals surface area contributed by atoms with E-state index >= 15 is 0 Å². The second-order valence-electron chi connectivity index (χ2n) is 13.0. The van der Waals surface area contributed by atoms with Gasteiger partial charge in [-0.2, -0.15) is 0 Å². The Bertz CT molecular complexity index is 3090. The maximum atomic E-state index is 5.57. The third kappa shape index (κ3) is 4.13. The van der Waals surface area contributed by atoms with E-state index in [4.69, 9.17) is 9.97 Å². The topological polar surface area (TPSA) is 35.6 Å². The van der Waals surface area contributed by atoms with Gasteiger partial charge in [-0.1, -0.05) is 133 Å². The van der Waals surface area contributed by atoms with Crippen molar-refractivity contribution in [2.75, 3.05) is 0 Å². The zero-order valence-corrected chi connectivity index (χ0v) is 28.2. The predicted octanol–water partition coefficient (Wildman–Crippen LogP) is 12.4. The molecule has 238 valence electrons. The second kappa shape index (κ2) is 11.0. The number of thiophene rings is 1. The molecule has 0 fully saturated rings. The van der Waals surface area contributed by atoms with Gasteiger partial charge in [0.15, 0.2) is 11.6 Å². The summed E-state index contributed by atoms with van der Waals surface area (Å²) in [7, 11) is 0. The molecule has 7 aromatic carbocycles. The van der Waals surface area contributed by atoms with Crippen LogP contribution in [0.15, 0.2) is 170 Å². The Morgan fingerprint density at radius 1 is 0.412 bits per heavy atom. The zero-order valence-electron chi connectivity index (χ0n) is 27.4. The Kier molecular flexibility index (Phi) is 6.09. The van der Waals surface area contributed by atoms with Gasteiger partial charge in [0, 0.05) is 42.8 Å². The molecule has 51 heavy (non-hydrogen) atoms. The highest BCUT2D eigenvalue weighted by atomic mass is 32.1. The lowest BCUT2D eigenvalue weighted by Gasteiger charge is -2.16. The summed E-state index contributed by atoms with van der Waals surface area (Å²) in [6.07, 6.45) is 0. The molecule has 4 nitrogen and oxygen atoms in total. The summed E-state index contributed by atoms with van der Waals surface area (Å²) in [6.45, 7) is 0. The van der Waals surface area contributed by atoms with Gasteiger partial charge in [0.25, 0.3) is 0 Å². The summed E-state index contributed by atoms with van der Waals surface area (Å²) in [6, 6.07) is 60.5. The molecule has 11 aromatic rings. The minimum Gasteiger partial charge on any atom is -0.308 e. The lowest BCUT2D eigenvalue weighted by atomic mass is 10.0. The van der Waals surface area contributed by atoms with Gasteiger partial charge in [0.05, 0.1) is 38.0 Å². The van der Waals surface area contributed by atoms with Gasteiger partial charge in [0.2, 0.25) is 0 Å². The SMILES string of the molecule is c1ccc(-c2cccc3c4ccccc4n(-c4ccccc4-c4nc(-n5c6ccccc6c6ccccc65)c5sc6ccccc6c5n4)c23)cc1. The van der Waals surface area contributed by atoms with Crippen molar-refractivity contribution >= 4 is 75.3 Å². The zero-order chi connectivity index (χ0) is 33.5. The van der Waals surface area contributed by atoms with Crippen molar-refractivity contribution in [2.45, 2.75) is 0 Å². The molecule has 0 N–H and O–H groups in total. The first-order chi connectivity index (χ1) is 25.3. The maximum absolute atomic E-state index is 5.57. The van der Waals surface area contributed by atoms with Crippen LogP contribution in [-0.4, -0.2) is 19.1 Å². The maximum Gasteiger partial charge on any atom is 0.164 e. The highest BCUT2D eigenvalue weighted by molar-refractivity contribution is 7.26. The molecule has 0 aliphatic heterocycles. The number of rotatable bonds is 4. The van der Waals surface area contributed by atoms with Crippen LogP contribution in [0.2, 0.25) is 0 Å². The molecule has 4 aromatic heterocycles. The molecule has 0 saturated heterocycles. The van der Waals surface area contributed by atoms with E-state index in [9.17, 15) is 0 Å². The van der Waals surface area contributed by atoms with E-state index in [1.807, 2.05) is 0 Å². The molecule has 0 atom stereocenters. The largest absolute Gasteiger partial charge is 0.308 e. The smallest absolute Gasteiger partial charge is 0.164 e. The van der Waals surface area contributed by atoms with Crippen LogP contribution in [0.3, 0.4) is 0 Å². The molecule has 11 rings (SSSR count). The van der Waals surface area contributed by atoms with Gasteiger partial charge < -0.3 is 4.57 Å². The van der Waals surface area contributed by atoms with E-state index in [2.05, 4.69) is 179 Å². The fourth-order valence-corrected chi connectivity index (χ4v) is 9.10. The van der Waals surface area contributed by atoms with Crippen molar-refractivity contribution in [1.82, 2.24) is 19.1 Å². The molecular weight excluding hydrogens is 641 g/mol. The number of nitrogens with zero attached hydrogens (tertiary/aromatic N) is 4. The van der Waals surface area contributed by atoms with Crippen LogP contribution in [0.4, 0.5) is 0 Å². The van der Waals surface area contributed by atoms with Crippen molar-refractivity contribution in [2.24, 2.45) is 0 Å². The lowest BCUT2D eigenvalue weighted by molar-refractivity contribution is 1.07. The molecule has 5 heteroatoms. The van der Waals surface area contributed by atoms with Crippen molar-refractivity contribution in [3.63, 3.8) is 0 Å². The summed E-state index contributed by atoms with van der Waals surface area (Å²) in [5.74, 6) is 1.59. The van der Waals surface area contributed by atoms with Crippen LogP contribution in [-0.2, 0) is 0 Å². The van der Waals surface area contributed by atoms with Crippen LogP contribution < -0.4 is 0 Å². The third-order valence-corrected chi connectivity index (χ3v) is 11.3. The van der Waals surface area contributed by atoms with Crippen molar-refractivity contribution in [3.8, 4) is 34.0 Å². The molecule has 0 aliphatic carbocycles. The van der Waals surface area contributed by atoms with Crippen LogP contribution in [0, 0.1) is 0 Å². The van der Waals surface area contributed by atoms with E-state index < -0.39 is 0 Å². The summed E-state index contributed by atoms with van der Waals surface area (Å²) in [5, 5.41) is 5.99. The van der Waals surface area contributed by atoms with E-state index in [0.717, 1.165) is 49.2 Å². The molecule has 0 spiro atoms. The monoisotopic (exact) mass is 668 g/mol. The van der Waals surface area contributed by atoms with Gasteiger partial charge in [-0.25, -0.2) is 9.97 Å². The molecule has 0 aliphatic rings. The van der Waals surface area contributed by atoms with Gasteiger partial charge in [-0.05, 0) is 42.0 Å². The van der Waals surface area contributed by atoms with Crippen molar-refractivity contribution in [3.05, 3.63) is 170 Å². The first-order valence-electron chi connectivity index (χ1n) is 17.2. The van der Waals surface area contributed by atoms with Gasteiger partial charge in [-0.3, -0.25) is 4.57 Å². The summed E-state index contributed by atoms with van der Waals surface area (Å²) in [4.78, 5) is 11.0. The fourth-order valence-electron chi connectivity index (χ4n) is 7.98. The summed E-state index contributed by atoms with van der Waals surface area (Å²) >= 11 is 1.76. The van der Waals surface area contributed by atoms with Crippen molar-refractivity contribution < 1.29 is 0 Å². The highest BCUT2D eigenvalue weighted by Crippen LogP contribution is 2.43. The number of benzene rings is 7. The minimum absolute atomic E-state index is 0.696. The van der Waals surface area contributed by atoms with E-state index in [1.165, 1.54) is 42.9 Å². The molecule has 0 saturated carbocycles. The normalized spacial score (nSPS) is 11.9. The van der Waals surface area contributed by atoms with Gasteiger partial charge >= 0.3 is 0 Å². The number of hydrogen-bond donors (Lipinski definition) is 0. The Morgan fingerprint density at radius 2 is 0.961 bits per heavy atom. The molecule has 4 heterocycles. The Labute approximate surface area is 297 Å². The minimum atomic E-state index is 0.696. The Hall–Kier alpha value is -6.56. The average Bonchev–Trinajstić information content (AvgIpc) is 3.86. The van der Waals surface area contributed by atoms with E-state index in [0.29, 0.717) is 5.82 Å². The second-order valence-corrected chi connectivity index (χ2v) is 14.0. The summed E-state index contributed by atoms with van der Waals surface area (Å²) in [5.41, 5.74) is 9.93. The first-order valence-corrected chi connectivity index (χ1v) is 18.0. The molecule has 0 bridgehead atoms. The van der Waals surface area contributed by atoms with Gasteiger partial charge in [-0.15, -0.1) is 11.3 Å². The lowest BCUT2D eigenvalue weighted by Crippen LogP contribution is -2.04. The Balaban J connectivity index is 1.27. The highest BCUT2D eigenvalue weighted by Gasteiger charge is 2.23. The third-order valence-electron chi connectivity index (χ3n) is 10.2. The predicted molar refractivity (Wildman–Crippen MR) is 214 cm³/mol. The molecule has 0 radical (unpaired) electrons. The van der Waals surface area contributed by atoms with Crippen LogP contribution in [0.1, 0.15) is 0 Å². The standard InChI is InChI=1S/C46H28N4S/c1-2-15-29(16-3-1)30-22-14-23-34-33-19-6-9-24-37(33)49(43(30)34)40-27-12-7-20-35(40)45-47-42-36-21-8-13-28-41(36)51-44(42)46(48-45)50-38-25-10-4-17-31(38)32-18-5-11-26-39(32)50/h1-28H. The Morgan fingerprint density at radius 3 is 1.71 bits per heavy atom. The van der Waals surface area contributed by atoms with Crippen LogP contribution in [0.25, 0.3) is 97.9 Å². The summed E-state index contributed by atoms with van der Waals surface area (Å²) < 4.78 is 7.03.